The summed E-state index contributed by atoms with van der Waals surface area (Å²) in [4.78, 5) is 14.5. The molecule has 5 nitrogen and oxygen atoms in total. The molecule has 0 aromatic carbocycles. The van der Waals surface area contributed by atoms with Gasteiger partial charge in [0.15, 0.2) is 0 Å². The highest BCUT2D eigenvalue weighted by Crippen LogP contribution is 2.22. The van der Waals surface area contributed by atoms with E-state index in [9.17, 15) is 4.79 Å². The van der Waals surface area contributed by atoms with Crippen molar-refractivity contribution in [2.75, 3.05) is 19.6 Å². The Morgan fingerprint density at radius 1 is 1.50 bits per heavy atom. The molecule has 4 N–H and O–H groups in total. The van der Waals surface area contributed by atoms with Crippen molar-refractivity contribution in [3.05, 3.63) is 34.9 Å². The zero-order valence-electron chi connectivity index (χ0n) is 15.3. The van der Waals surface area contributed by atoms with E-state index in [4.69, 9.17) is 5.41 Å². The molecule has 5 heteroatoms. The van der Waals surface area contributed by atoms with Crippen LogP contribution in [0.15, 0.2) is 34.9 Å². The predicted octanol–water partition coefficient (Wildman–Crippen LogP) is 2.75. The van der Waals surface area contributed by atoms with Crippen LogP contribution in [0.1, 0.15) is 46.5 Å². The second-order valence-corrected chi connectivity index (χ2v) is 6.33. The molecule has 0 aromatic heterocycles. The summed E-state index contributed by atoms with van der Waals surface area (Å²) in [5.74, 6) is 0.289. The summed E-state index contributed by atoms with van der Waals surface area (Å²) < 4.78 is 0. The molecular weight excluding hydrogens is 300 g/mol. The van der Waals surface area contributed by atoms with Crippen LogP contribution in [0.2, 0.25) is 0 Å². The van der Waals surface area contributed by atoms with Crippen molar-refractivity contribution in [1.82, 2.24) is 10.2 Å². The van der Waals surface area contributed by atoms with Gasteiger partial charge in [-0.2, -0.15) is 0 Å². The van der Waals surface area contributed by atoms with Crippen LogP contribution in [0.5, 0.6) is 0 Å². The lowest BCUT2D eigenvalue weighted by Gasteiger charge is -2.31. The second-order valence-electron chi connectivity index (χ2n) is 6.33. The lowest BCUT2D eigenvalue weighted by molar-refractivity contribution is -0.132. The van der Waals surface area contributed by atoms with E-state index in [1.54, 1.807) is 0 Å². The summed E-state index contributed by atoms with van der Waals surface area (Å²) in [6, 6.07) is 0.0594. The molecule has 1 unspecified atom stereocenters. The third kappa shape index (κ3) is 6.32. The molecule has 0 bridgehead atoms. The highest BCUT2D eigenvalue weighted by Gasteiger charge is 2.28. The Balaban J connectivity index is 0.000000891. The van der Waals surface area contributed by atoms with E-state index in [1.165, 1.54) is 16.7 Å². The standard InChI is InChI=1S/C18H28N2O.CH4N2/c1-4-5-7-14(2)12-16-9-11-20(13-15(16)3)18(21)17-8-6-10-19-17;2-1-3/h5,7,12,17,19H,4,6,8-11,13H2,1-3H3;1H,(H3,2,3)/b7-5-,14-12-;. The number of allylic oxidation sites excluding steroid dienone is 4. The molecule has 1 atom stereocenters. The van der Waals surface area contributed by atoms with E-state index >= 15 is 0 Å². The Morgan fingerprint density at radius 3 is 2.75 bits per heavy atom. The van der Waals surface area contributed by atoms with Gasteiger partial charge in [-0.1, -0.05) is 36.3 Å². The molecule has 2 aliphatic rings. The van der Waals surface area contributed by atoms with Gasteiger partial charge in [0, 0.05) is 13.1 Å². The fraction of sp³-hybridized carbons (Fsp3) is 0.579. The summed E-state index contributed by atoms with van der Waals surface area (Å²) in [6.45, 7) is 9.07. The van der Waals surface area contributed by atoms with Gasteiger partial charge in [0.2, 0.25) is 5.91 Å². The van der Waals surface area contributed by atoms with E-state index in [1.807, 2.05) is 4.90 Å². The first-order valence-electron chi connectivity index (χ1n) is 8.79. The van der Waals surface area contributed by atoms with Gasteiger partial charge in [-0.3, -0.25) is 10.2 Å². The molecule has 0 radical (unpaired) electrons. The second kappa shape index (κ2) is 10.8. The first-order valence-corrected chi connectivity index (χ1v) is 8.79. The maximum absolute atomic E-state index is 12.4. The van der Waals surface area contributed by atoms with Crippen molar-refractivity contribution in [3.8, 4) is 0 Å². The van der Waals surface area contributed by atoms with Crippen molar-refractivity contribution in [2.45, 2.75) is 52.5 Å². The van der Waals surface area contributed by atoms with Crippen LogP contribution >= 0.6 is 0 Å². The van der Waals surface area contributed by atoms with Gasteiger partial charge in [-0.15, -0.1) is 0 Å². The van der Waals surface area contributed by atoms with Gasteiger partial charge in [0.05, 0.1) is 12.4 Å². The lowest BCUT2D eigenvalue weighted by atomic mass is 9.98. The Labute approximate surface area is 146 Å². The monoisotopic (exact) mass is 332 g/mol. The zero-order chi connectivity index (χ0) is 17.9. The molecule has 0 aliphatic carbocycles. The number of rotatable bonds is 4. The van der Waals surface area contributed by atoms with Crippen LogP contribution in [-0.2, 0) is 4.79 Å². The topological polar surface area (TPSA) is 82.2 Å². The fourth-order valence-electron chi connectivity index (χ4n) is 3.06. The molecule has 1 amide bonds. The molecule has 24 heavy (non-hydrogen) atoms. The first-order chi connectivity index (χ1) is 11.5. The summed E-state index contributed by atoms with van der Waals surface area (Å²) in [7, 11) is 0. The normalized spacial score (nSPS) is 21.7. The van der Waals surface area contributed by atoms with Crippen molar-refractivity contribution in [2.24, 2.45) is 5.73 Å². The van der Waals surface area contributed by atoms with Crippen molar-refractivity contribution in [3.63, 3.8) is 0 Å². The Bertz CT molecular complexity index is 513. The summed E-state index contributed by atoms with van der Waals surface area (Å²) in [5, 5.41) is 9.17. The summed E-state index contributed by atoms with van der Waals surface area (Å²) in [6.07, 6.45) is 11.5. The van der Waals surface area contributed by atoms with Gasteiger partial charge in [-0.05, 0) is 51.6 Å². The number of amides is 1. The predicted molar refractivity (Wildman–Crippen MR) is 101 cm³/mol. The third-order valence-corrected chi connectivity index (χ3v) is 4.32. The number of nitrogens with one attached hydrogen (secondary N) is 2. The van der Waals surface area contributed by atoms with E-state index in [-0.39, 0.29) is 11.9 Å². The minimum atomic E-state index is 0.0594. The largest absolute Gasteiger partial charge is 0.390 e. The van der Waals surface area contributed by atoms with Gasteiger partial charge >= 0.3 is 0 Å². The molecule has 0 spiro atoms. The number of carbonyl (C=O) groups is 1. The molecule has 0 saturated carbocycles. The van der Waals surface area contributed by atoms with E-state index in [0.29, 0.717) is 0 Å². The highest BCUT2D eigenvalue weighted by molar-refractivity contribution is 5.82. The minimum Gasteiger partial charge on any atom is -0.390 e. The van der Waals surface area contributed by atoms with Crippen LogP contribution in [0.3, 0.4) is 0 Å². The number of hydrogen-bond acceptors (Lipinski definition) is 3. The Hall–Kier alpha value is -1.88. The van der Waals surface area contributed by atoms with E-state index in [2.05, 4.69) is 50.0 Å². The average Bonchev–Trinajstić information content (AvgIpc) is 3.09. The van der Waals surface area contributed by atoms with Crippen molar-refractivity contribution >= 4 is 12.2 Å². The molecule has 2 heterocycles. The maximum atomic E-state index is 12.4. The van der Waals surface area contributed by atoms with E-state index in [0.717, 1.165) is 51.7 Å². The smallest absolute Gasteiger partial charge is 0.240 e. The molecule has 134 valence electrons. The molecule has 2 rings (SSSR count). The van der Waals surface area contributed by atoms with Crippen LogP contribution in [-0.4, -0.2) is 42.8 Å². The number of nitrogens with two attached hydrogens (primary N) is 1. The molecule has 1 saturated heterocycles. The van der Waals surface area contributed by atoms with Crippen LogP contribution in [0.25, 0.3) is 0 Å². The zero-order valence-corrected chi connectivity index (χ0v) is 15.3. The van der Waals surface area contributed by atoms with Crippen molar-refractivity contribution < 1.29 is 4.79 Å². The van der Waals surface area contributed by atoms with Crippen LogP contribution < -0.4 is 11.1 Å². The third-order valence-electron chi connectivity index (χ3n) is 4.32. The number of hydrogen-bond donors (Lipinski definition) is 3. The van der Waals surface area contributed by atoms with Crippen LogP contribution in [0, 0.1) is 5.41 Å². The SMILES string of the molecule is CC/C=C\C(C)=C/C1=C(C)CN(C(=O)C2CCCN2)CC1.N=CN. The quantitative estimate of drug-likeness (QED) is 0.420. The minimum absolute atomic E-state index is 0.0594. The highest BCUT2D eigenvalue weighted by atomic mass is 16.2. The fourth-order valence-corrected chi connectivity index (χ4v) is 3.06. The van der Waals surface area contributed by atoms with E-state index < -0.39 is 0 Å². The van der Waals surface area contributed by atoms with Gasteiger partial charge < -0.3 is 16.0 Å². The van der Waals surface area contributed by atoms with Gasteiger partial charge in [-0.25, -0.2) is 0 Å². The molecule has 1 fully saturated rings. The lowest BCUT2D eigenvalue weighted by Crippen LogP contribution is -2.46. The molecule has 2 aliphatic heterocycles. The van der Waals surface area contributed by atoms with Crippen LogP contribution in [0.4, 0.5) is 0 Å². The van der Waals surface area contributed by atoms with Gasteiger partial charge in [0.1, 0.15) is 0 Å². The molecular formula is C19H32N4O. The van der Waals surface area contributed by atoms with Crippen molar-refractivity contribution in [1.29, 1.82) is 5.41 Å². The summed E-state index contributed by atoms with van der Waals surface area (Å²) in [5.41, 5.74) is 8.41. The Morgan fingerprint density at radius 2 is 2.21 bits per heavy atom. The number of nitrogens with zero attached hydrogens (tertiary/aromatic N) is 1. The van der Waals surface area contributed by atoms with Gasteiger partial charge in [0.25, 0.3) is 0 Å². The Kier molecular flexibility index (Phi) is 9.08. The average molecular weight is 332 g/mol. The number of carbonyl (C=O) groups excluding carboxylic acids is 1. The maximum Gasteiger partial charge on any atom is 0.240 e. The summed E-state index contributed by atoms with van der Waals surface area (Å²) >= 11 is 0. The molecule has 0 aromatic rings. The first kappa shape index (κ1) is 20.2.